The Morgan fingerprint density at radius 1 is 1.43 bits per heavy atom. The molecule has 1 saturated carbocycles. The number of hydrogen-bond donors (Lipinski definition) is 1. The van der Waals surface area contributed by atoms with Crippen molar-refractivity contribution in [2.75, 3.05) is 0 Å². The van der Waals surface area contributed by atoms with E-state index in [1.165, 1.54) is 5.69 Å². The van der Waals surface area contributed by atoms with Gasteiger partial charge < -0.3 is 5.73 Å². The van der Waals surface area contributed by atoms with Gasteiger partial charge in [0.2, 0.25) is 0 Å². The molecule has 0 aromatic carbocycles. The van der Waals surface area contributed by atoms with Crippen LogP contribution in [0.15, 0.2) is 6.07 Å². The van der Waals surface area contributed by atoms with Gasteiger partial charge >= 0.3 is 0 Å². The van der Waals surface area contributed by atoms with E-state index in [-0.39, 0.29) is 11.1 Å². The van der Waals surface area contributed by atoms with Crippen LogP contribution in [-0.4, -0.2) is 9.78 Å². The first-order chi connectivity index (χ1) is 6.33. The molecule has 1 heterocycles. The Hall–Kier alpha value is -0.830. The Morgan fingerprint density at radius 3 is 2.36 bits per heavy atom. The van der Waals surface area contributed by atoms with Crippen molar-refractivity contribution < 1.29 is 0 Å². The lowest BCUT2D eigenvalue weighted by Crippen LogP contribution is -2.26. The van der Waals surface area contributed by atoms with Crippen molar-refractivity contribution >= 4 is 0 Å². The van der Waals surface area contributed by atoms with Crippen LogP contribution in [0.1, 0.15) is 45.0 Å². The van der Waals surface area contributed by atoms with E-state index in [2.05, 4.69) is 43.5 Å². The molecule has 1 aromatic heterocycles. The Kier molecular flexibility index (Phi) is 1.80. The van der Waals surface area contributed by atoms with Crippen LogP contribution in [0, 0.1) is 6.92 Å². The lowest BCUT2D eigenvalue weighted by atomic mass is 10.1. The summed E-state index contributed by atoms with van der Waals surface area (Å²) >= 11 is 0. The molecule has 14 heavy (non-hydrogen) atoms. The maximum Gasteiger partial charge on any atom is 0.0826 e. The number of nitrogens with zero attached hydrogens (tertiary/aromatic N) is 2. The van der Waals surface area contributed by atoms with Crippen LogP contribution in [-0.2, 0) is 11.1 Å². The molecule has 2 N–H and O–H groups in total. The Bertz CT molecular complexity index is 353. The Balaban J connectivity index is 2.40. The third-order valence-corrected chi connectivity index (χ3v) is 2.82. The maximum absolute atomic E-state index is 6.12. The van der Waals surface area contributed by atoms with Gasteiger partial charge in [-0.05, 0) is 46.6 Å². The highest BCUT2D eigenvalue weighted by Crippen LogP contribution is 2.42. The van der Waals surface area contributed by atoms with Gasteiger partial charge in [0.25, 0.3) is 0 Å². The molecule has 1 aromatic rings. The fraction of sp³-hybridized carbons (Fsp3) is 0.727. The third-order valence-electron chi connectivity index (χ3n) is 2.82. The van der Waals surface area contributed by atoms with Crippen molar-refractivity contribution in [2.45, 2.75) is 51.6 Å². The smallest absolute Gasteiger partial charge is 0.0826 e. The molecule has 1 aliphatic rings. The molecule has 1 aliphatic carbocycles. The quantitative estimate of drug-likeness (QED) is 0.740. The van der Waals surface area contributed by atoms with Gasteiger partial charge in [0.05, 0.1) is 16.8 Å². The molecule has 0 saturated heterocycles. The lowest BCUT2D eigenvalue weighted by Gasteiger charge is -2.21. The van der Waals surface area contributed by atoms with E-state index in [9.17, 15) is 0 Å². The summed E-state index contributed by atoms with van der Waals surface area (Å²) in [6, 6.07) is 2.12. The van der Waals surface area contributed by atoms with Crippen molar-refractivity contribution in [3.63, 3.8) is 0 Å². The minimum Gasteiger partial charge on any atom is -0.320 e. The fourth-order valence-corrected chi connectivity index (χ4v) is 1.79. The first kappa shape index (κ1) is 9.71. The predicted octanol–water partition coefficient (Wildman–Crippen LogP) is 1.89. The van der Waals surface area contributed by atoms with Crippen molar-refractivity contribution in [1.82, 2.24) is 9.78 Å². The zero-order valence-electron chi connectivity index (χ0n) is 9.46. The van der Waals surface area contributed by atoms with Crippen LogP contribution < -0.4 is 5.73 Å². The Labute approximate surface area is 85.3 Å². The lowest BCUT2D eigenvalue weighted by molar-refractivity contribution is 0.344. The average molecular weight is 193 g/mol. The largest absolute Gasteiger partial charge is 0.320 e. The number of nitrogens with two attached hydrogens (primary N) is 1. The van der Waals surface area contributed by atoms with E-state index in [0.717, 1.165) is 18.5 Å². The predicted molar refractivity (Wildman–Crippen MR) is 57.1 cm³/mol. The minimum absolute atomic E-state index is 0.0492. The van der Waals surface area contributed by atoms with Gasteiger partial charge in [0.15, 0.2) is 0 Å². The number of aromatic nitrogens is 2. The van der Waals surface area contributed by atoms with Crippen LogP contribution in [0.3, 0.4) is 0 Å². The van der Waals surface area contributed by atoms with E-state index < -0.39 is 0 Å². The monoisotopic (exact) mass is 193 g/mol. The molecule has 1 fully saturated rings. The Morgan fingerprint density at radius 2 is 2.00 bits per heavy atom. The zero-order valence-corrected chi connectivity index (χ0v) is 9.46. The summed E-state index contributed by atoms with van der Waals surface area (Å²) in [4.78, 5) is 0. The highest BCUT2D eigenvalue weighted by molar-refractivity contribution is 5.24. The molecule has 0 amide bonds. The highest BCUT2D eigenvalue weighted by Gasteiger charge is 2.42. The third kappa shape index (κ3) is 1.46. The topological polar surface area (TPSA) is 43.8 Å². The van der Waals surface area contributed by atoms with Gasteiger partial charge in [-0.25, -0.2) is 0 Å². The van der Waals surface area contributed by atoms with Gasteiger partial charge in [-0.1, -0.05) is 0 Å². The first-order valence-corrected chi connectivity index (χ1v) is 5.19. The summed E-state index contributed by atoms with van der Waals surface area (Å²) in [6.45, 7) is 8.57. The molecule has 0 radical (unpaired) electrons. The van der Waals surface area contributed by atoms with E-state index >= 15 is 0 Å². The van der Waals surface area contributed by atoms with Crippen molar-refractivity contribution in [3.8, 4) is 0 Å². The highest BCUT2D eigenvalue weighted by atomic mass is 15.3. The van der Waals surface area contributed by atoms with Crippen molar-refractivity contribution in [1.29, 1.82) is 0 Å². The molecular formula is C11H19N3. The molecule has 2 rings (SSSR count). The average Bonchev–Trinajstić information content (AvgIpc) is 2.61. The van der Waals surface area contributed by atoms with Crippen LogP contribution >= 0.6 is 0 Å². The molecule has 0 spiro atoms. The maximum atomic E-state index is 6.12. The molecule has 3 heteroatoms. The normalized spacial score (nSPS) is 19.8. The SMILES string of the molecule is Cc1cc(C2(N)CC2)nn1C(C)(C)C. The van der Waals surface area contributed by atoms with Gasteiger partial charge in [-0.15, -0.1) is 0 Å². The summed E-state index contributed by atoms with van der Waals surface area (Å²) < 4.78 is 2.06. The second kappa shape index (κ2) is 2.60. The summed E-state index contributed by atoms with van der Waals surface area (Å²) in [5.74, 6) is 0. The van der Waals surface area contributed by atoms with Gasteiger partial charge in [0.1, 0.15) is 0 Å². The second-order valence-electron chi connectivity index (χ2n) is 5.41. The minimum atomic E-state index is -0.110. The zero-order chi connectivity index (χ0) is 10.6. The fourth-order valence-electron chi connectivity index (χ4n) is 1.79. The molecular weight excluding hydrogens is 174 g/mol. The standard InChI is InChI=1S/C11H19N3/c1-8-7-9(11(12)5-6-11)13-14(8)10(2,3)4/h7H,5-6,12H2,1-4H3. The van der Waals surface area contributed by atoms with E-state index in [1.807, 2.05) is 0 Å². The molecule has 0 atom stereocenters. The van der Waals surface area contributed by atoms with Crippen LogP contribution in [0.25, 0.3) is 0 Å². The van der Waals surface area contributed by atoms with Gasteiger partial charge in [-0.3, -0.25) is 4.68 Å². The van der Waals surface area contributed by atoms with Crippen LogP contribution in [0.5, 0.6) is 0 Å². The first-order valence-electron chi connectivity index (χ1n) is 5.19. The molecule has 3 nitrogen and oxygen atoms in total. The van der Waals surface area contributed by atoms with E-state index in [4.69, 9.17) is 5.73 Å². The van der Waals surface area contributed by atoms with Gasteiger partial charge in [-0.2, -0.15) is 5.10 Å². The summed E-state index contributed by atoms with van der Waals surface area (Å²) in [5.41, 5.74) is 8.32. The van der Waals surface area contributed by atoms with Crippen LogP contribution in [0.4, 0.5) is 0 Å². The van der Waals surface area contributed by atoms with Crippen molar-refractivity contribution in [2.24, 2.45) is 5.73 Å². The second-order valence-corrected chi connectivity index (χ2v) is 5.41. The molecule has 0 bridgehead atoms. The number of hydrogen-bond acceptors (Lipinski definition) is 2. The number of rotatable bonds is 1. The number of aryl methyl sites for hydroxylation is 1. The molecule has 0 unspecified atom stereocenters. The van der Waals surface area contributed by atoms with Gasteiger partial charge in [0, 0.05) is 5.69 Å². The molecule has 0 aliphatic heterocycles. The van der Waals surface area contributed by atoms with Crippen molar-refractivity contribution in [3.05, 3.63) is 17.5 Å². The van der Waals surface area contributed by atoms with E-state index in [1.54, 1.807) is 0 Å². The molecule has 78 valence electrons. The summed E-state index contributed by atoms with van der Waals surface area (Å²) in [6.07, 6.45) is 2.15. The van der Waals surface area contributed by atoms with E-state index in [0.29, 0.717) is 0 Å². The summed E-state index contributed by atoms with van der Waals surface area (Å²) in [7, 11) is 0. The van der Waals surface area contributed by atoms with Crippen LogP contribution in [0.2, 0.25) is 0 Å². The summed E-state index contributed by atoms with van der Waals surface area (Å²) in [5, 5.41) is 4.61.